The zero-order chi connectivity index (χ0) is 13.9. The van der Waals surface area contributed by atoms with E-state index in [1.54, 1.807) is 0 Å². The molecular weight excluding hydrogens is 236 g/mol. The number of nitriles is 1. The number of fused-ring (bicyclic) bond motifs is 1. The lowest BCUT2D eigenvalue weighted by molar-refractivity contribution is 0.258. The zero-order valence-electron chi connectivity index (χ0n) is 11.8. The largest absolute Gasteiger partial charge is 0.464 e. The Kier molecular flexibility index (Phi) is 3.92. The first-order valence-electron chi connectivity index (χ1n) is 6.57. The molecule has 2 rings (SSSR count). The SMILES string of the molecule is CN(CCc1coc2ccccc12)CC(C)(C)C#N. The Morgan fingerprint density at radius 3 is 2.79 bits per heavy atom. The Labute approximate surface area is 114 Å². The normalized spacial score (nSPS) is 11.9. The summed E-state index contributed by atoms with van der Waals surface area (Å²) in [4.78, 5) is 2.20. The predicted molar refractivity (Wildman–Crippen MR) is 76.8 cm³/mol. The van der Waals surface area contributed by atoms with E-state index < -0.39 is 0 Å². The van der Waals surface area contributed by atoms with Gasteiger partial charge in [0.25, 0.3) is 0 Å². The lowest BCUT2D eigenvalue weighted by Gasteiger charge is -2.24. The lowest BCUT2D eigenvalue weighted by Crippen LogP contribution is -2.31. The molecule has 0 N–H and O–H groups in total. The summed E-state index contributed by atoms with van der Waals surface area (Å²) in [6.07, 6.45) is 2.78. The standard InChI is InChI=1S/C16H20N2O/c1-16(2,11-17)12-18(3)9-8-13-10-19-15-7-5-4-6-14(13)15/h4-7,10H,8-9,12H2,1-3H3. The van der Waals surface area contributed by atoms with Gasteiger partial charge in [-0.25, -0.2) is 0 Å². The van der Waals surface area contributed by atoms with Crippen LogP contribution >= 0.6 is 0 Å². The summed E-state index contributed by atoms with van der Waals surface area (Å²) in [6.45, 7) is 5.64. The monoisotopic (exact) mass is 256 g/mol. The molecule has 100 valence electrons. The molecule has 0 fully saturated rings. The van der Waals surface area contributed by atoms with E-state index in [1.165, 1.54) is 10.9 Å². The third-order valence-corrected chi connectivity index (χ3v) is 3.29. The summed E-state index contributed by atoms with van der Waals surface area (Å²) in [6, 6.07) is 10.4. The summed E-state index contributed by atoms with van der Waals surface area (Å²) in [5.74, 6) is 0. The van der Waals surface area contributed by atoms with Gasteiger partial charge in [0.2, 0.25) is 0 Å². The van der Waals surface area contributed by atoms with Crippen LogP contribution in [0.2, 0.25) is 0 Å². The molecule has 1 heterocycles. The van der Waals surface area contributed by atoms with Gasteiger partial charge in [-0.1, -0.05) is 18.2 Å². The molecule has 0 aliphatic carbocycles. The van der Waals surface area contributed by atoms with Crippen molar-refractivity contribution in [2.24, 2.45) is 5.41 Å². The second-order valence-electron chi connectivity index (χ2n) is 5.74. The number of hydrogen-bond acceptors (Lipinski definition) is 3. The van der Waals surface area contributed by atoms with Gasteiger partial charge in [-0.05, 0) is 38.9 Å². The Balaban J connectivity index is 1.98. The van der Waals surface area contributed by atoms with Crippen molar-refractivity contribution in [1.82, 2.24) is 4.90 Å². The van der Waals surface area contributed by atoms with Crippen molar-refractivity contribution in [2.45, 2.75) is 20.3 Å². The van der Waals surface area contributed by atoms with Gasteiger partial charge in [0.15, 0.2) is 0 Å². The lowest BCUT2D eigenvalue weighted by atomic mass is 9.95. The van der Waals surface area contributed by atoms with Crippen LogP contribution in [0.3, 0.4) is 0 Å². The maximum absolute atomic E-state index is 9.04. The maximum atomic E-state index is 9.04. The van der Waals surface area contributed by atoms with Crippen LogP contribution in [0.4, 0.5) is 0 Å². The molecule has 1 aromatic heterocycles. The highest BCUT2D eigenvalue weighted by Crippen LogP contribution is 2.21. The Bertz CT molecular complexity index is 592. The first-order valence-corrected chi connectivity index (χ1v) is 6.57. The van der Waals surface area contributed by atoms with E-state index in [9.17, 15) is 0 Å². The second-order valence-corrected chi connectivity index (χ2v) is 5.74. The number of hydrogen-bond donors (Lipinski definition) is 0. The van der Waals surface area contributed by atoms with Crippen molar-refractivity contribution in [3.05, 3.63) is 36.1 Å². The van der Waals surface area contributed by atoms with E-state index in [-0.39, 0.29) is 5.41 Å². The first kappa shape index (κ1) is 13.6. The topological polar surface area (TPSA) is 40.2 Å². The fourth-order valence-corrected chi connectivity index (χ4v) is 2.33. The van der Waals surface area contributed by atoms with Crippen molar-refractivity contribution in [3.8, 4) is 6.07 Å². The molecule has 0 saturated carbocycles. The van der Waals surface area contributed by atoms with Crippen molar-refractivity contribution < 1.29 is 4.42 Å². The molecule has 0 radical (unpaired) electrons. The summed E-state index contributed by atoms with van der Waals surface area (Å²) in [7, 11) is 2.06. The van der Waals surface area contributed by atoms with Crippen molar-refractivity contribution >= 4 is 11.0 Å². The third kappa shape index (κ3) is 3.36. The smallest absolute Gasteiger partial charge is 0.134 e. The van der Waals surface area contributed by atoms with Gasteiger partial charge in [0.05, 0.1) is 17.7 Å². The Morgan fingerprint density at radius 2 is 2.05 bits per heavy atom. The van der Waals surface area contributed by atoms with Crippen molar-refractivity contribution in [3.63, 3.8) is 0 Å². The van der Waals surface area contributed by atoms with Gasteiger partial charge in [0.1, 0.15) is 5.58 Å². The first-order chi connectivity index (χ1) is 9.02. The van der Waals surface area contributed by atoms with Gasteiger partial charge in [-0.15, -0.1) is 0 Å². The second kappa shape index (κ2) is 5.46. The predicted octanol–water partition coefficient (Wildman–Crippen LogP) is 3.46. The van der Waals surface area contributed by atoms with Crippen LogP contribution in [0, 0.1) is 16.7 Å². The molecule has 0 aliphatic rings. The van der Waals surface area contributed by atoms with Crippen molar-refractivity contribution in [2.75, 3.05) is 20.1 Å². The number of rotatable bonds is 5. The van der Waals surface area contributed by atoms with E-state index in [0.717, 1.165) is 25.1 Å². The molecule has 1 aromatic carbocycles. The van der Waals surface area contributed by atoms with Gasteiger partial charge in [-0.3, -0.25) is 0 Å². The van der Waals surface area contributed by atoms with E-state index in [4.69, 9.17) is 9.68 Å². The number of furan rings is 1. The molecule has 2 aromatic rings. The zero-order valence-corrected chi connectivity index (χ0v) is 11.8. The molecule has 0 unspecified atom stereocenters. The summed E-state index contributed by atoms with van der Waals surface area (Å²) < 4.78 is 5.53. The van der Waals surface area contributed by atoms with Gasteiger partial charge in [-0.2, -0.15) is 5.26 Å². The molecule has 0 spiro atoms. The molecule has 0 atom stereocenters. The Hall–Kier alpha value is -1.79. The minimum absolute atomic E-state index is 0.298. The summed E-state index contributed by atoms with van der Waals surface area (Å²) in [5, 5.41) is 10.2. The number of para-hydroxylation sites is 1. The summed E-state index contributed by atoms with van der Waals surface area (Å²) in [5.41, 5.74) is 1.88. The van der Waals surface area contributed by atoms with E-state index in [0.29, 0.717) is 0 Å². The van der Waals surface area contributed by atoms with E-state index in [1.807, 2.05) is 38.3 Å². The fraction of sp³-hybridized carbons (Fsp3) is 0.438. The van der Waals surface area contributed by atoms with Crippen LogP contribution in [0.5, 0.6) is 0 Å². The van der Waals surface area contributed by atoms with E-state index >= 15 is 0 Å². The minimum atomic E-state index is -0.298. The third-order valence-electron chi connectivity index (χ3n) is 3.29. The van der Waals surface area contributed by atoms with Crippen LogP contribution in [-0.2, 0) is 6.42 Å². The van der Waals surface area contributed by atoms with Crippen LogP contribution in [0.25, 0.3) is 11.0 Å². The maximum Gasteiger partial charge on any atom is 0.134 e. The fourth-order valence-electron chi connectivity index (χ4n) is 2.33. The number of nitrogens with zero attached hydrogens (tertiary/aromatic N) is 2. The van der Waals surface area contributed by atoms with Crippen LogP contribution < -0.4 is 0 Å². The minimum Gasteiger partial charge on any atom is -0.464 e. The molecule has 0 aliphatic heterocycles. The molecule has 0 amide bonds. The van der Waals surface area contributed by atoms with Crippen LogP contribution in [0.1, 0.15) is 19.4 Å². The quantitative estimate of drug-likeness (QED) is 0.822. The summed E-state index contributed by atoms with van der Waals surface area (Å²) >= 11 is 0. The average molecular weight is 256 g/mol. The highest BCUT2D eigenvalue weighted by molar-refractivity contribution is 5.80. The van der Waals surface area contributed by atoms with Crippen LogP contribution in [0.15, 0.2) is 34.9 Å². The molecule has 3 heteroatoms. The van der Waals surface area contributed by atoms with Crippen LogP contribution in [-0.4, -0.2) is 25.0 Å². The highest BCUT2D eigenvalue weighted by atomic mass is 16.3. The molecule has 0 bridgehead atoms. The molecule has 19 heavy (non-hydrogen) atoms. The molecule has 3 nitrogen and oxygen atoms in total. The Morgan fingerprint density at radius 1 is 1.32 bits per heavy atom. The van der Waals surface area contributed by atoms with Gasteiger partial charge >= 0.3 is 0 Å². The molecular formula is C16H20N2O. The highest BCUT2D eigenvalue weighted by Gasteiger charge is 2.19. The average Bonchev–Trinajstić information content (AvgIpc) is 2.79. The number of likely N-dealkylation sites (N-methyl/N-ethyl adjacent to an activating group) is 1. The molecule has 0 saturated heterocycles. The van der Waals surface area contributed by atoms with Gasteiger partial charge < -0.3 is 9.32 Å². The van der Waals surface area contributed by atoms with E-state index in [2.05, 4.69) is 24.1 Å². The van der Waals surface area contributed by atoms with Gasteiger partial charge in [0, 0.05) is 18.5 Å². The van der Waals surface area contributed by atoms with Crippen molar-refractivity contribution in [1.29, 1.82) is 5.26 Å². The number of benzene rings is 1.